The smallest absolute Gasteiger partial charge is 0.295 e. The summed E-state index contributed by atoms with van der Waals surface area (Å²) in [5.41, 5.74) is 0.875. The molecule has 5 rings (SSSR count). The van der Waals surface area contributed by atoms with Gasteiger partial charge in [-0.25, -0.2) is 4.57 Å². The molecule has 0 bridgehead atoms. The molecule has 1 aromatic heterocycles. The van der Waals surface area contributed by atoms with Gasteiger partial charge in [-0.3, -0.25) is 14.6 Å². The lowest BCUT2D eigenvalue weighted by atomic mass is 9.95. The monoisotopic (exact) mass is 475 g/mol. The van der Waals surface area contributed by atoms with Gasteiger partial charge >= 0.3 is 0 Å². The molecular weight excluding hydrogens is 450 g/mol. The maximum atomic E-state index is 13.6. The van der Waals surface area contributed by atoms with Gasteiger partial charge in [-0.05, 0) is 35.4 Å². The first-order chi connectivity index (χ1) is 17.1. The van der Waals surface area contributed by atoms with Crippen LogP contribution in [0.3, 0.4) is 0 Å². The number of Topliss-reactive ketones (excluding diaryl/α,β-unsaturated/α-hetero) is 1. The molecule has 1 atom stereocenters. The SMILES string of the molecule is COc1ccc(C2/C(=C(\[O-])c3ccc4c(c3)OCCO4)C(=O)C(=O)N2CCC[n+]2cc[nH]c2)cc1. The largest absolute Gasteiger partial charge is 0.872 e. The molecule has 9 heteroatoms. The molecule has 35 heavy (non-hydrogen) atoms. The molecule has 2 aliphatic rings. The summed E-state index contributed by atoms with van der Waals surface area (Å²) >= 11 is 0. The van der Waals surface area contributed by atoms with E-state index in [-0.39, 0.29) is 11.1 Å². The summed E-state index contributed by atoms with van der Waals surface area (Å²) in [5.74, 6) is -0.322. The highest BCUT2D eigenvalue weighted by atomic mass is 16.6. The summed E-state index contributed by atoms with van der Waals surface area (Å²) in [7, 11) is 1.56. The minimum absolute atomic E-state index is 0.0638. The zero-order valence-electron chi connectivity index (χ0n) is 19.2. The van der Waals surface area contributed by atoms with Crippen LogP contribution in [-0.4, -0.2) is 48.4 Å². The summed E-state index contributed by atoms with van der Waals surface area (Å²) < 4.78 is 18.3. The van der Waals surface area contributed by atoms with Crippen LogP contribution in [0.1, 0.15) is 23.6 Å². The molecule has 1 N–H and O–H groups in total. The van der Waals surface area contributed by atoms with Crippen molar-refractivity contribution in [3.63, 3.8) is 0 Å². The fourth-order valence-corrected chi connectivity index (χ4v) is 4.46. The Morgan fingerprint density at radius 1 is 1.14 bits per heavy atom. The molecule has 2 aromatic carbocycles. The second-order valence-corrected chi connectivity index (χ2v) is 8.31. The Hall–Kier alpha value is -4.27. The fraction of sp³-hybridized carbons (Fsp3) is 0.269. The van der Waals surface area contributed by atoms with Crippen LogP contribution < -0.4 is 23.9 Å². The van der Waals surface area contributed by atoms with E-state index in [0.717, 1.165) is 0 Å². The van der Waals surface area contributed by atoms with Crippen molar-refractivity contribution in [2.45, 2.75) is 19.0 Å². The van der Waals surface area contributed by atoms with Crippen LogP contribution in [-0.2, 0) is 16.1 Å². The van der Waals surface area contributed by atoms with Gasteiger partial charge in [0.2, 0.25) is 12.1 Å². The molecule has 0 spiro atoms. The van der Waals surface area contributed by atoms with Gasteiger partial charge in [0.05, 0.1) is 19.7 Å². The Morgan fingerprint density at radius 3 is 2.63 bits per heavy atom. The Labute approximate surface area is 202 Å². The van der Waals surface area contributed by atoms with Crippen LogP contribution in [0.15, 0.2) is 66.8 Å². The number of carbonyl (C=O) groups excluding carboxylic acids is 2. The average Bonchev–Trinajstić information content (AvgIpc) is 3.50. The molecule has 9 nitrogen and oxygen atoms in total. The van der Waals surface area contributed by atoms with Gasteiger partial charge in [0, 0.05) is 18.5 Å². The van der Waals surface area contributed by atoms with Crippen LogP contribution >= 0.6 is 0 Å². The van der Waals surface area contributed by atoms with E-state index in [1.165, 1.54) is 4.90 Å². The number of fused-ring (bicyclic) bond motifs is 1. The number of benzene rings is 2. The predicted octanol–water partition coefficient (Wildman–Crippen LogP) is 1.40. The standard InChI is InChI=1S/C26H25N3O6/c1-33-19-6-3-17(4-7-19)23-22(24(30)18-5-8-20-21(15-18)35-14-13-34-20)25(31)26(32)29(23)11-2-10-28-12-9-27-16-28/h3-9,12,15-16,23H,2,10-11,13-14H2,1H3,(H,30,31). The van der Waals surface area contributed by atoms with Crippen molar-refractivity contribution in [1.29, 1.82) is 0 Å². The molecule has 1 saturated heterocycles. The van der Waals surface area contributed by atoms with E-state index in [2.05, 4.69) is 4.98 Å². The van der Waals surface area contributed by atoms with Crippen molar-refractivity contribution in [2.24, 2.45) is 0 Å². The van der Waals surface area contributed by atoms with Gasteiger partial charge < -0.3 is 24.2 Å². The number of imidazole rings is 1. The maximum absolute atomic E-state index is 13.6. The number of carbonyl (C=O) groups is 2. The van der Waals surface area contributed by atoms with Crippen molar-refractivity contribution in [3.8, 4) is 17.2 Å². The zero-order valence-corrected chi connectivity index (χ0v) is 19.2. The molecule has 3 heterocycles. The summed E-state index contributed by atoms with van der Waals surface area (Å²) in [6.45, 7) is 1.78. The number of hydrogen-bond acceptors (Lipinski definition) is 6. The van der Waals surface area contributed by atoms with Crippen LogP contribution in [0, 0.1) is 0 Å². The number of ether oxygens (including phenoxy) is 3. The minimum Gasteiger partial charge on any atom is -0.872 e. The van der Waals surface area contributed by atoms with Gasteiger partial charge in [0.25, 0.3) is 5.91 Å². The Kier molecular flexibility index (Phi) is 6.13. The first-order valence-electron chi connectivity index (χ1n) is 11.4. The number of methoxy groups -OCH3 is 1. The molecule has 0 saturated carbocycles. The minimum atomic E-state index is -0.794. The molecule has 0 radical (unpaired) electrons. The third kappa shape index (κ3) is 4.32. The van der Waals surface area contributed by atoms with Crippen LogP contribution in [0.25, 0.3) is 5.76 Å². The number of ketones is 1. The topological polar surface area (TPSA) is 108 Å². The molecule has 1 fully saturated rings. The van der Waals surface area contributed by atoms with Crippen molar-refractivity contribution in [2.75, 3.05) is 26.9 Å². The molecule has 180 valence electrons. The van der Waals surface area contributed by atoms with Crippen molar-refractivity contribution in [1.82, 2.24) is 9.88 Å². The van der Waals surface area contributed by atoms with Crippen molar-refractivity contribution < 1.29 is 33.5 Å². The van der Waals surface area contributed by atoms with Crippen LogP contribution in [0.4, 0.5) is 0 Å². The van der Waals surface area contributed by atoms with Gasteiger partial charge in [-0.15, -0.1) is 0 Å². The Morgan fingerprint density at radius 2 is 1.91 bits per heavy atom. The van der Waals surface area contributed by atoms with Gasteiger partial charge in [0.15, 0.2) is 11.5 Å². The summed E-state index contributed by atoms with van der Waals surface area (Å²) in [5, 5.41) is 13.6. The number of aromatic nitrogens is 2. The second kappa shape index (κ2) is 9.54. The lowest BCUT2D eigenvalue weighted by Gasteiger charge is -2.28. The number of H-pyrrole nitrogens is 1. The molecule has 1 unspecified atom stereocenters. The molecule has 2 aliphatic heterocycles. The maximum Gasteiger partial charge on any atom is 0.295 e. The molecular formula is C26H25N3O6. The van der Waals surface area contributed by atoms with Crippen LogP contribution in [0.2, 0.25) is 0 Å². The Balaban J connectivity index is 1.53. The summed E-state index contributed by atoms with van der Waals surface area (Å²) in [6.07, 6.45) is 6.13. The van der Waals surface area contributed by atoms with Gasteiger partial charge in [-0.2, -0.15) is 0 Å². The first kappa shape index (κ1) is 22.5. The number of hydrogen-bond donors (Lipinski definition) is 1. The second-order valence-electron chi connectivity index (χ2n) is 8.31. The lowest BCUT2D eigenvalue weighted by Crippen LogP contribution is -2.36. The van der Waals surface area contributed by atoms with E-state index < -0.39 is 23.5 Å². The number of aromatic amines is 1. The average molecular weight is 476 g/mol. The number of rotatable bonds is 7. The van der Waals surface area contributed by atoms with E-state index in [9.17, 15) is 14.7 Å². The van der Waals surface area contributed by atoms with E-state index in [1.54, 1.807) is 49.6 Å². The summed E-state index contributed by atoms with van der Waals surface area (Å²) in [4.78, 5) is 30.8. The lowest BCUT2D eigenvalue weighted by molar-refractivity contribution is -0.695. The van der Waals surface area contributed by atoms with E-state index in [0.29, 0.717) is 55.5 Å². The van der Waals surface area contributed by atoms with E-state index in [1.807, 2.05) is 23.3 Å². The summed E-state index contributed by atoms with van der Waals surface area (Å²) in [6, 6.07) is 11.1. The number of nitrogens with zero attached hydrogens (tertiary/aromatic N) is 2. The Bertz CT molecular complexity index is 1270. The number of aryl methyl sites for hydroxylation is 1. The quantitative estimate of drug-likeness (QED) is 0.240. The highest BCUT2D eigenvalue weighted by Gasteiger charge is 2.44. The van der Waals surface area contributed by atoms with E-state index >= 15 is 0 Å². The third-order valence-corrected chi connectivity index (χ3v) is 6.18. The van der Waals surface area contributed by atoms with E-state index in [4.69, 9.17) is 14.2 Å². The van der Waals surface area contributed by atoms with Crippen molar-refractivity contribution in [3.05, 3.63) is 77.9 Å². The fourth-order valence-electron chi connectivity index (χ4n) is 4.46. The third-order valence-electron chi connectivity index (χ3n) is 6.18. The molecule has 0 aliphatic carbocycles. The molecule has 1 amide bonds. The number of likely N-dealkylation sites (tertiary alicyclic amines) is 1. The predicted molar refractivity (Wildman–Crippen MR) is 122 cm³/mol. The normalized spacial score (nSPS) is 18.7. The zero-order chi connectivity index (χ0) is 24.4. The highest BCUT2D eigenvalue weighted by Crippen LogP contribution is 2.40. The number of amides is 1. The van der Waals surface area contributed by atoms with Gasteiger partial charge in [-0.1, -0.05) is 24.0 Å². The first-order valence-corrected chi connectivity index (χ1v) is 11.4. The van der Waals surface area contributed by atoms with Crippen LogP contribution in [0.5, 0.6) is 17.2 Å². The number of nitrogens with one attached hydrogen (secondary N) is 1. The van der Waals surface area contributed by atoms with Gasteiger partial charge in [0.1, 0.15) is 31.4 Å². The van der Waals surface area contributed by atoms with Crippen molar-refractivity contribution >= 4 is 17.4 Å². The highest BCUT2D eigenvalue weighted by molar-refractivity contribution is 6.46. The molecule has 3 aromatic rings.